The van der Waals surface area contributed by atoms with Gasteiger partial charge >= 0.3 is 11.9 Å². The summed E-state index contributed by atoms with van der Waals surface area (Å²) in [6.07, 6.45) is 92.5. The van der Waals surface area contributed by atoms with Crippen molar-refractivity contribution in [1.82, 2.24) is 0 Å². The molecule has 0 aromatic rings. The minimum atomic E-state index is -0.801. The average Bonchev–Trinajstić information content (AvgIpc) is 3.38. The predicted molar refractivity (Wildman–Crippen MR) is 315 cm³/mol. The van der Waals surface area contributed by atoms with Crippen LogP contribution >= 0.6 is 0 Å². The van der Waals surface area contributed by atoms with E-state index in [4.69, 9.17) is 9.47 Å². The molecular weight excluding hydrogens is 885 g/mol. The van der Waals surface area contributed by atoms with Crippen LogP contribution in [0.1, 0.15) is 245 Å². The van der Waals surface area contributed by atoms with Crippen molar-refractivity contribution in [3.63, 3.8) is 0 Å². The summed E-state index contributed by atoms with van der Waals surface area (Å²) in [6.45, 7) is 3.89. The normalized spacial score (nSPS) is 13.3. The summed E-state index contributed by atoms with van der Waals surface area (Å²) >= 11 is 0. The number of esters is 2. The maximum atomic E-state index is 12.3. The SMILES string of the molecule is CC/C=C\C/C=C\C/C=C\C/C=C\C/C=C\C/C=C\C/C=C\CCCCCC(=O)OC(CO)COC(=O)CCCCCCCCCCCCCCCCCCC/C=C\C/C=C\C/C=C\C/C=C\C/C=C\CC. The highest BCUT2D eigenvalue weighted by atomic mass is 16.6. The zero-order valence-corrected chi connectivity index (χ0v) is 46.4. The molecule has 1 N–H and O–H groups in total. The highest BCUT2D eigenvalue weighted by molar-refractivity contribution is 5.70. The van der Waals surface area contributed by atoms with Gasteiger partial charge in [0.25, 0.3) is 0 Å². The first kappa shape index (κ1) is 67.8. The van der Waals surface area contributed by atoms with Crippen LogP contribution in [-0.2, 0) is 19.1 Å². The Morgan fingerprint density at radius 1 is 0.319 bits per heavy atom. The lowest BCUT2D eigenvalue weighted by atomic mass is 10.0. The average molecular weight is 994 g/mol. The molecule has 0 bridgehead atoms. The first-order chi connectivity index (χ1) is 35.6. The molecule has 0 spiro atoms. The number of hydrogen-bond donors (Lipinski definition) is 1. The van der Waals surface area contributed by atoms with Crippen molar-refractivity contribution in [3.05, 3.63) is 146 Å². The third kappa shape index (κ3) is 58.4. The molecule has 0 aliphatic carbocycles. The standard InChI is InChI=1S/C67H108O5/c1-3-5-7-9-11-13-15-17-19-21-23-25-27-29-30-31-32-33-34-35-36-38-39-41-43-45-47-49-51-53-55-57-59-61-66(69)71-64-65(63-68)72-67(70)62-60-58-56-54-52-50-48-46-44-42-40-37-28-26-24-22-20-18-16-14-12-10-8-6-4-2/h5-8,11-14,17-20,23-26,29-30,37,40,44,46,50,52,65,68H,3-4,9-10,15-16,21-22,27-28,31-36,38-39,41-43,45,47-49,51,53-64H2,1-2H3/b7-5-,8-6-,13-11-,14-12-,19-17-,20-18-,25-23-,26-24-,30-29-,40-37-,46-44-,52-50-. The van der Waals surface area contributed by atoms with Gasteiger partial charge < -0.3 is 14.6 Å². The van der Waals surface area contributed by atoms with Crippen molar-refractivity contribution in [3.8, 4) is 0 Å². The van der Waals surface area contributed by atoms with Crippen molar-refractivity contribution in [2.24, 2.45) is 0 Å². The second-order valence-corrected chi connectivity index (χ2v) is 19.0. The van der Waals surface area contributed by atoms with Gasteiger partial charge in [-0.15, -0.1) is 0 Å². The monoisotopic (exact) mass is 993 g/mol. The maximum absolute atomic E-state index is 12.3. The largest absolute Gasteiger partial charge is 0.462 e. The minimum absolute atomic E-state index is 0.0872. The summed E-state index contributed by atoms with van der Waals surface area (Å²) < 4.78 is 10.7. The van der Waals surface area contributed by atoms with E-state index < -0.39 is 6.10 Å². The lowest BCUT2D eigenvalue weighted by Gasteiger charge is -2.15. The molecule has 0 rings (SSSR count). The van der Waals surface area contributed by atoms with E-state index in [0.717, 1.165) is 122 Å². The van der Waals surface area contributed by atoms with Crippen LogP contribution in [-0.4, -0.2) is 36.4 Å². The van der Waals surface area contributed by atoms with E-state index in [0.29, 0.717) is 12.8 Å². The number of hydrogen-bond acceptors (Lipinski definition) is 5. The fraction of sp³-hybridized carbons (Fsp3) is 0.612. The summed E-state index contributed by atoms with van der Waals surface area (Å²) in [5.74, 6) is -0.634. The number of ether oxygens (including phenoxy) is 2. The lowest BCUT2D eigenvalue weighted by Crippen LogP contribution is -2.28. The van der Waals surface area contributed by atoms with Gasteiger partial charge in [-0.1, -0.05) is 262 Å². The first-order valence-corrected chi connectivity index (χ1v) is 29.4. The van der Waals surface area contributed by atoms with Crippen LogP contribution in [0.3, 0.4) is 0 Å². The van der Waals surface area contributed by atoms with Crippen LogP contribution in [0.4, 0.5) is 0 Å². The van der Waals surface area contributed by atoms with Gasteiger partial charge in [0.1, 0.15) is 6.61 Å². The smallest absolute Gasteiger partial charge is 0.306 e. The molecule has 0 aromatic heterocycles. The van der Waals surface area contributed by atoms with E-state index in [1.54, 1.807) is 0 Å². The van der Waals surface area contributed by atoms with Crippen LogP contribution in [0.2, 0.25) is 0 Å². The summed E-state index contributed by atoms with van der Waals surface area (Å²) in [6, 6.07) is 0. The van der Waals surface area contributed by atoms with Crippen molar-refractivity contribution < 1.29 is 24.2 Å². The molecule has 0 aliphatic heterocycles. The Morgan fingerprint density at radius 3 is 0.847 bits per heavy atom. The predicted octanol–water partition coefficient (Wildman–Crippen LogP) is 20.2. The molecule has 0 aromatic carbocycles. The van der Waals surface area contributed by atoms with E-state index in [-0.39, 0.29) is 25.2 Å². The third-order valence-corrected chi connectivity index (χ3v) is 12.1. The van der Waals surface area contributed by atoms with Crippen LogP contribution in [0.15, 0.2) is 146 Å². The molecule has 0 amide bonds. The summed E-state index contributed by atoms with van der Waals surface area (Å²) in [5.41, 5.74) is 0. The van der Waals surface area contributed by atoms with Gasteiger partial charge in [0.05, 0.1) is 6.61 Å². The minimum Gasteiger partial charge on any atom is -0.462 e. The fourth-order valence-corrected chi connectivity index (χ4v) is 7.80. The van der Waals surface area contributed by atoms with Gasteiger partial charge in [0.15, 0.2) is 6.10 Å². The molecule has 406 valence electrons. The van der Waals surface area contributed by atoms with Crippen molar-refractivity contribution >= 4 is 11.9 Å². The Labute approximate surface area is 444 Å². The number of allylic oxidation sites excluding steroid dienone is 24. The van der Waals surface area contributed by atoms with E-state index in [1.165, 1.54) is 96.3 Å². The summed E-state index contributed by atoms with van der Waals surface area (Å²) in [4.78, 5) is 24.5. The van der Waals surface area contributed by atoms with Gasteiger partial charge in [0.2, 0.25) is 0 Å². The molecule has 0 aliphatic rings. The van der Waals surface area contributed by atoms with Crippen molar-refractivity contribution in [2.75, 3.05) is 13.2 Å². The highest BCUT2D eigenvalue weighted by Gasteiger charge is 2.16. The molecular formula is C67H108O5. The molecule has 5 heteroatoms. The number of unbranched alkanes of at least 4 members (excludes halogenated alkanes) is 20. The van der Waals surface area contributed by atoms with Gasteiger partial charge in [0, 0.05) is 12.8 Å². The molecule has 1 atom stereocenters. The topological polar surface area (TPSA) is 72.8 Å². The lowest BCUT2D eigenvalue weighted by molar-refractivity contribution is -0.161. The van der Waals surface area contributed by atoms with Gasteiger partial charge in [-0.3, -0.25) is 9.59 Å². The van der Waals surface area contributed by atoms with E-state index >= 15 is 0 Å². The molecule has 72 heavy (non-hydrogen) atoms. The van der Waals surface area contributed by atoms with Crippen molar-refractivity contribution in [2.45, 2.75) is 251 Å². The van der Waals surface area contributed by atoms with Crippen molar-refractivity contribution in [1.29, 1.82) is 0 Å². The van der Waals surface area contributed by atoms with Gasteiger partial charge in [-0.25, -0.2) is 0 Å². The molecule has 0 saturated carbocycles. The molecule has 0 fully saturated rings. The Balaban J connectivity index is 3.57. The summed E-state index contributed by atoms with van der Waals surface area (Å²) in [7, 11) is 0. The molecule has 1 unspecified atom stereocenters. The fourth-order valence-electron chi connectivity index (χ4n) is 7.80. The zero-order chi connectivity index (χ0) is 52.0. The van der Waals surface area contributed by atoms with E-state index in [2.05, 4.69) is 160 Å². The third-order valence-electron chi connectivity index (χ3n) is 12.1. The molecule has 5 nitrogen and oxygen atoms in total. The highest BCUT2D eigenvalue weighted by Crippen LogP contribution is 2.15. The second kappa shape index (κ2) is 61.1. The van der Waals surface area contributed by atoms with Crippen LogP contribution in [0.5, 0.6) is 0 Å². The number of carbonyl (C=O) groups is 2. The van der Waals surface area contributed by atoms with E-state index in [9.17, 15) is 14.7 Å². The number of rotatable bonds is 52. The molecule has 0 radical (unpaired) electrons. The van der Waals surface area contributed by atoms with Crippen LogP contribution in [0, 0.1) is 0 Å². The van der Waals surface area contributed by atoms with Crippen LogP contribution in [0.25, 0.3) is 0 Å². The molecule has 0 saturated heterocycles. The van der Waals surface area contributed by atoms with Crippen LogP contribution < -0.4 is 0 Å². The van der Waals surface area contributed by atoms with E-state index in [1.807, 2.05) is 0 Å². The molecule has 0 heterocycles. The van der Waals surface area contributed by atoms with Gasteiger partial charge in [-0.05, 0) is 116 Å². The number of aliphatic hydroxyl groups excluding tert-OH is 1. The Kier molecular flexibility index (Phi) is 57.5. The number of carbonyl (C=O) groups excluding carboxylic acids is 2. The second-order valence-electron chi connectivity index (χ2n) is 19.0. The zero-order valence-electron chi connectivity index (χ0n) is 46.4. The van der Waals surface area contributed by atoms with Gasteiger partial charge in [-0.2, -0.15) is 0 Å². The Hall–Kier alpha value is -4.22. The summed E-state index contributed by atoms with van der Waals surface area (Å²) in [5, 5.41) is 9.66. The maximum Gasteiger partial charge on any atom is 0.306 e. The first-order valence-electron chi connectivity index (χ1n) is 29.4. The Bertz CT molecular complexity index is 1540. The Morgan fingerprint density at radius 2 is 0.556 bits per heavy atom. The quantitative estimate of drug-likeness (QED) is 0.0373. The number of aliphatic hydroxyl groups is 1.